The van der Waals surface area contributed by atoms with Gasteiger partial charge in [0.1, 0.15) is 0 Å². The number of aryl methyl sites for hydroxylation is 1. The smallest absolute Gasteiger partial charge is 0.0467 e. The maximum atomic E-state index is 5.43. The van der Waals surface area contributed by atoms with E-state index in [1.165, 1.54) is 33.4 Å². The molecule has 4 aromatic rings. The lowest BCUT2D eigenvalue weighted by atomic mass is 10.00. The summed E-state index contributed by atoms with van der Waals surface area (Å²) in [5, 5.41) is 2.54. The van der Waals surface area contributed by atoms with Crippen LogP contribution in [0.2, 0.25) is 0 Å². The van der Waals surface area contributed by atoms with Crippen molar-refractivity contribution in [1.82, 2.24) is 0 Å². The third-order valence-corrected chi connectivity index (χ3v) is 5.64. The molecule has 1 aliphatic rings. The van der Waals surface area contributed by atoms with Crippen LogP contribution in [0.1, 0.15) is 32.8 Å². The quantitative estimate of drug-likeness (QED) is 0.317. The number of para-hydroxylation sites is 1. The number of hydrogen-bond donors (Lipinski definition) is 1. The van der Waals surface area contributed by atoms with Crippen LogP contribution < -0.4 is 10.6 Å². The Labute approximate surface area is 205 Å². The molecule has 2 heteroatoms. The summed E-state index contributed by atoms with van der Waals surface area (Å²) in [7, 11) is 0. The first-order valence-corrected chi connectivity index (χ1v) is 12.1. The Bertz CT molecular complexity index is 1200. The van der Waals surface area contributed by atoms with E-state index in [-0.39, 0.29) is 0 Å². The summed E-state index contributed by atoms with van der Waals surface area (Å²) in [6.45, 7) is 8.30. The van der Waals surface area contributed by atoms with Crippen molar-refractivity contribution in [3.63, 3.8) is 0 Å². The number of rotatable bonds is 3. The molecule has 0 aromatic heterocycles. The van der Waals surface area contributed by atoms with Gasteiger partial charge in [0.25, 0.3) is 0 Å². The van der Waals surface area contributed by atoms with E-state index >= 15 is 0 Å². The minimum Gasteiger partial charge on any atom is -0.399 e. The zero-order valence-electron chi connectivity index (χ0n) is 20.8. The van der Waals surface area contributed by atoms with E-state index in [9.17, 15) is 0 Å². The normalized spacial score (nSPS) is 14.2. The predicted octanol–water partition coefficient (Wildman–Crippen LogP) is 9.06. The lowest BCUT2D eigenvalue weighted by Crippen LogP contribution is -2.17. The molecule has 0 heterocycles. The summed E-state index contributed by atoms with van der Waals surface area (Å²) in [6, 6.07) is 33.6. The van der Waals surface area contributed by atoms with E-state index < -0.39 is 0 Å². The molecule has 1 unspecified atom stereocenters. The lowest BCUT2D eigenvalue weighted by molar-refractivity contribution is 0.728. The molecule has 0 fully saturated rings. The van der Waals surface area contributed by atoms with Crippen molar-refractivity contribution in [2.24, 2.45) is 5.92 Å². The van der Waals surface area contributed by atoms with Gasteiger partial charge < -0.3 is 10.6 Å². The largest absolute Gasteiger partial charge is 0.399 e. The molecule has 0 aliphatic heterocycles. The van der Waals surface area contributed by atoms with Gasteiger partial charge in [0, 0.05) is 22.8 Å². The Morgan fingerprint density at radius 1 is 0.735 bits per heavy atom. The van der Waals surface area contributed by atoms with Crippen molar-refractivity contribution in [3.05, 3.63) is 127 Å². The standard InChI is InChI=1S/C23H21N.C7H9N.C2H6/c1-18-11-14-22(15-12-18)24(21-9-3-2-4-10-21)23-16-13-19-7-5-6-8-20(19)17-23;1-6-2-4-7(8)5-3-6;1-2/h2-11,13-18H,12H2,1H3;2-5H,8H2,1H3;1-2H3. The van der Waals surface area contributed by atoms with Crippen LogP contribution in [-0.2, 0) is 0 Å². The Hall–Kier alpha value is -3.78. The second-order valence-corrected chi connectivity index (χ2v) is 8.31. The molecule has 0 radical (unpaired) electrons. The second kappa shape index (κ2) is 12.5. The van der Waals surface area contributed by atoms with E-state index in [1.807, 2.05) is 45.0 Å². The van der Waals surface area contributed by atoms with Gasteiger partial charge in [0.15, 0.2) is 0 Å². The Balaban J connectivity index is 0.000000274. The van der Waals surface area contributed by atoms with Crippen LogP contribution in [0.3, 0.4) is 0 Å². The van der Waals surface area contributed by atoms with Gasteiger partial charge in [-0.2, -0.15) is 0 Å². The first-order valence-electron chi connectivity index (χ1n) is 12.1. The molecule has 0 amide bonds. The number of nitrogens with two attached hydrogens (primary N) is 1. The van der Waals surface area contributed by atoms with Crippen molar-refractivity contribution in [1.29, 1.82) is 0 Å². The molecule has 34 heavy (non-hydrogen) atoms. The topological polar surface area (TPSA) is 29.3 Å². The van der Waals surface area contributed by atoms with Crippen LogP contribution in [0, 0.1) is 12.8 Å². The molecule has 0 saturated carbocycles. The average Bonchev–Trinajstić information content (AvgIpc) is 2.89. The fraction of sp³-hybridized carbons (Fsp3) is 0.188. The first kappa shape index (κ1) is 24.9. The Morgan fingerprint density at radius 2 is 1.38 bits per heavy atom. The number of allylic oxidation sites excluding steroid dienone is 3. The highest BCUT2D eigenvalue weighted by Crippen LogP contribution is 2.34. The summed E-state index contributed by atoms with van der Waals surface area (Å²) in [5.74, 6) is 0.614. The van der Waals surface area contributed by atoms with Crippen LogP contribution in [0.4, 0.5) is 17.1 Å². The lowest BCUT2D eigenvalue weighted by Gasteiger charge is -2.28. The molecule has 2 nitrogen and oxygen atoms in total. The minimum atomic E-state index is 0.614. The number of nitrogen functional groups attached to an aromatic ring is 1. The Morgan fingerprint density at radius 3 is 2.00 bits per heavy atom. The van der Waals surface area contributed by atoms with Gasteiger partial charge in [-0.3, -0.25) is 0 Å². The van der Waals surface area contributed by atoms with Crippen LogP contribution in [0.25, 0.3) is 10.8 Å². The van der Waals surface area contributed by atoms with Crippen molar-refractivity contribution in [2.75, 3.05) is 10.6 Å². The zero-order chi connectivity index (χ0) is 24.3. The van der Waals surface area contributed by atoms with E-state index in [4.69, 9.17) is 5.73 Å². The van der Waals surface area contributed by atoms with Crippen molar-refractivity contribution < 1.29 is 0 Å². The molecule has 174 valence electrons. The minimum absolute atomic E-state index is 0.614. The molecule has 0 saturated heterocycles. The summed E-state index contributed by atoms with van der Waals surface area (Å²) in [4.78, 5) is 2.34. The van der Waals surface area contributed by atoms with E-state index in [1.54, 1.807) is 0 Å². The highest BCUT2D eigenvalue weighted by molar-refractivity contribution is 5.87. The highest BCUT2D eigenvalue weighted by atomic mass is 15.1. The van der Waals surface area contributed by atoms with Crippen LogP contribution >= 0.6 is 0 Å². The van der Waals surface area contributed by atoms with E-state index in [0.29, 0.717) is 5.92 Å². The Kier molecular flexibility index (Phi) is 9.11. The number of benzene rings is 4. The van der Waals surface area contributed by atoms with Crippen LogP contribution in [-0.4, -0.2) is 0 Å². The van der Waals surface area contributed by atoms with Crippen molar-refractivity contribution in [3.8, 4) is 0 Å². The molecule has 0 bridgehead atoms. The second-order valence-electron chi connectivity index (χ2n) is 8.31. The van der Waals surface area contributed by atoms with Crippen molar-refractivity contribution >= 4 is 27.8 Å². The molecule has 2 N–H and O–H groups in total. The van der Waals surface area contributed by atoms with Crippen LogP contribution in [0.5, 0.6) is 0 Å². The zero-order valence-corrected chi connectivity index (χ0v) is 20.8. The summed E-state index contributed by atoms with van der Waals surface area (Å²) >= 11 is 0. The number of anilines is 3. The SMILES string of the molecule is CC.CC1C=CC(N(c2ccccc2)c2ccc3ccccc3c2)=CC1.Cc1ccc(N)cc1. The third kappa shape index (κ3) is 6.62. The van der Waals surface area contributed by atoms with Gasteiger partial charge in [-0.25, -0.2) is 0 Å². The van der Waals surface area contributed by atoms with Gasteiger partial charge in [0.05, 0.1) is 0 Å². The summed E-state index contributed by atoms with van der Waals surface area (Å²) in [6.07, 6.45) is 7.97. The van der Waals surface area contributed by atoms with Gasteiger partial charge in [-0.15, -0.1) is 0 Å². The monoisotopic (exact) mass is 448 g/mol. The molecule has 1 aliphatic carbocycles. The maximum absolute atomic E-state index is 5.43. The van der Waals surface area contributed by atoms with Gasteiger partial charge in [-0.1, -0.05) is 99.2 Å². The molecular weight excluding hydrogens is 412 g/mol. The van der Waals surface area contributed by atoms with Crippen LogP contribution in [0.15, 0.2) is 121 Å². The fourth-order valence-electron chi connectivity index (χ4n) is 3.79. The summed E-state index contributed by atoms with van der Waals surface area (Å²) in [5.41, 5.74) is 11.1. The molecule has 5 rings (SSSR count). The van der Waals surface area contributed by atoms with Crippen molar-refractivity contribution in [2.45, 2.75) is 34.1 Å². The van der Waals surface area contributed by atoms with Gasteiger partial charge in [-0.05, 0) is 72.5 Å². The van der Waals surface area contributed by atoms with E-state index in [0.717, 1.165) is 12.1 Å². The van der Waals surface area contributed by atoms with Gasteiger partial charge in [0.2, 0.25) is 0 Å². The van der Waals surface area contributed by atoms with E-state index in [2.05, 4.69) is 103 Å². The number of nitrogens with zero attached hydrogens (tertiary/aromatic N) is 1. The predicted molar refractivity (Wildman–Crippen MR) is 150 cm³/mol. The molecule has 0 spiro atoms. The molecular formula is C32H36N2. The molecule has 1 atom stereocenters. The maximum Gasteiger partial charge on any atom is 0.0467 e. The number of fused-ring (bicyclic) bond motifs is 1. The summed E-state index contributed by atoms with van der Waals surface area (Å²) < 4.78 is 0. The fourth-order valence-corrected chi connectivity index (χ4v) is 3.79. The average molecular weight is 449 g/mol. The third-order valence-electron chi connectivity index (χ3n) is 5.64. The number of hydrogen-bond acceptors (Lipinski definition) is 2. The first-order chi connectivity index (χ1) is 16.6. The highest BCUT2D eigenvalue weighted by Gasteiger charge is 2.15. The van der Waals surface area contributed by atoms with Gasteiger partial charge >= 0.3 is 0 Å². The molecule has 4 aromatic carbocycles.